The van der Waals surface area contributed by atoms with E-state index in [2.05, 4.69) is 19.1 Å². The molecule has 1 nitrogen and oxygen atoms in total. The highest BCUT2D eigenvalue weighted by Crippen LogP contribution is 2.40. The van der Waals surface area contributed by atoms with E-state index in [4.69, 9.17) is 4.74 Å². The summed E-state index contributed by atoms with van der Waals surface area (Å²) in [6.07, 6.45) is 17.8. The van der Waals surface area contributed by atoms with Gasteiger partial charge in [-0.2, -0.15) is 0 Å². The summed E-state index contributed by atoms with van der Waals surface area (Å²) in [4.78, 5) is 0. The molecule has 0 aromatic carbocycles. The van der Waals surface area contributed by atoms with Crippen LogP contribution in [0.2, 0.25) is 0 Å². The SMILES string of the molecule is CCC=CC1CCC(C2CCC(OC)CC2)CC1. The van der Waals surface area contributed by atoms with Gasteiger partial charge in [-0.05, 0) is 75.5 Å². The van der Waals surface area contributed by atoms with E-state index in [1.54, 1.807) is 0 Å². The number of rotatable bonds is 4. The molecule has 0 aromatic rings. The Morgan fingerprint density at radius 1 is 0.889 bits per heavy atom. The summed E-state index contributed by atoms with van der Waals surface area (Å²) < 4.78 is 5.48. The van der Waals surface area contributed by atoms with Gasteiger partial charge in [-0.3, -0.25) is 0 Å². The maximum absolute atomic E-state index is 5.48. The maximum Gasteiger partial charge on any atom is 0.0571 e. The minimum Gasteiger partial charge on any atom is -0.381 e. The number of allylic oxidation sites excluding steroid dienone is 2. The largest absolute Gasteiger partial charge is 0.381 e. The zero-order valence-corrected chi connectivity index (χ0v) is 12.2. The highest BCUT2D eigenvalue weighted by Gasteiger charge is 2.30. The molecule has 0 N–H and O–H groups in total. The van der Waals surface area contributed by atoms with Crippen molar-refractivity contribution in [1.82, 2.24) is 0 Å². The Kier molecular flexibility index (Phi) is 5.75. The molecule has 0 aliphatic heterocycles. The lowest BCUT2D eigenvalue weighted by molar-refractivity contribution is 0.0405. The Balaban J connectivity index is 1.71. The molecule has 2 aliphatic carbocycles. The van der Waals surface area contributed by atoms with E-state index < -0.39 is 0 Å². The average Bonchev–Trinajstić information content (AvgIpc) is 2.46. The van der Waals surface area contributed by atoms with Gasteiger partial charge in [0.05, 0.1) is 6.10 Å². The van der Waals surface area contributed by atoms with Crippen LogP contribution in [-0.2, 0) is 4.74 Å². The summed E-state index contributed by atoms with van der Waals surface area (Å²) in [6, 6.07) is 0. The Hall–Kier alpha value is -0.300. The van der Waals surface area contributed by atoms with E-state index in [9.17, 15) is 0 Å². The molecule has 0 bridgehead atoms. The summed E-state index contributed by atoms with van der Waals surface area (Å²) in [5.41, 5.74) is 0. The average molecular weight is 250 g/mol. The lowest BCUT2D eigenvalue weighted by atomic mass is 9.70. The highest BCUT2D eigenvalue weighted by molar-refractivity contribution is 4.92. The zero-order chi connectivity index (χ0) is 12.8. The molecule has 0 spiro atoms. The molecular formula is C17H30O. The van der Waals surface area contributed by atoms with Crippen molar-refractivity contribution in [2.75, 3.05) is 7.11 Å². The quantitative estimate of drug-likeness (QED) is 0.640. The molecule has 2 saturated carbocycles. The number of hydrogen-bond acceptors (Lipinski definition) is 1. The first-order valence-electron chi connectivity index (χ1n) is 8.03. The van der Waals surface area contributed by atoms with Crippen LogP contribution in [-0.4, -0.2) is 13.2 Å². The molecule has 0 atom stereocenters. The molecule has 0 saturated heterocycles. The van der Waals surface area contributed by atoms with Gasteiger partial charge in [0, 0.05) is 7.11 Å². The Bertz CT molecular complexity index is 242. The number of methoxy groups -OCH3 is 1. The summed E-state index contributed by atoms with van der Waals surface area (Å²) in [5.74, 6) is 2.91. The minimum atomic E-state index is 0.560. The third-order valence-electron chi connectivity index (χ3n) is 5.18. The van der Waals surface area contributed by atoms with Crippen molar-refractivity contribution in [3.05, 3.63) is 12.2 Å². The van der Waals surface area contributed by atoms with Gasteiger partial charge in [0.15, 0.2) is 0 Å². The van der Waals surface area contributed by atoms with Crippen molar-refractivity contribution in [1.29, 1.82) is 0 Å². The normalized spacial score (nSPS) is 38.1. The fraction of sp³-hybridized carbons (Fsp3) is 0.882. The molecule has 0 aromatic heterocycles. The van der Waals surface area contributed by atoms with E-state index >= 15 is 0 Å². The van der Waals surface area contributed by atoms with Crippen LogP contribution in [0.3, 0.4) is 0 Å². The molecular weight excluding hydrogens is 220 g/mol. The molecule has 18 heavy (non-hydrogen) atoms. The summed E-state index contributed by atoms with van der Waals surface area (Å²) in [7, 11) is 1.87. The van der Waals surface area contributed by atoms with Gasteiger partial charge in [0.2, 0.25) is 0 Å². The van der Waals surface area contributed by atoms with Crippen LogP contribution in [0.5, 0.6) is 0 Å². The maximum atomic E-state index is 5.48. The van der Waals surface area contributed by atoms with Gasteiger partial charge in [0.25, 0.3) is 0 Å². The Morgan fingerprint density at radius 2 is 1.44 bits per heavy atom. The van der Waals surface area contributed by atoms with E-state index in [0.29, 0.717) is 6.10 Å². The minimum absolute atomic E-state index is 0.560. The van der Waals surface area contributed by atoms with Crippen LogP contribution in [0.1, 0.15) is 64.7 Å². The summed E-state index contributed by atoms with van der Waals surface area (Å²) >= 11 is 0. The number of ether oxygens (including phenoxy) is 1. The Morgan fingerprint density at radius 3 is 1.94 bits per heavy atom. The van der Waals surface area contributed by atoms with Gasteiger partial charge >= 0.3 is 0 Å². The van der Waals surface area contributed by atoms with Crippen molar-refractivity contribution in [3.8, 4) is 0 Å². The standard InChI is InChI=1S/C17H30O/c1-3-4-5-14-6-8-15(9-7-14)16-10-12-17(18-2)13-11-16/h4-5,14-17H,3,6-13H2,1-2H3. The fourth-order valence-corrected chi connectivity index (χ4v) is 3.93. The summed E-state index contributed by atoms with van der Waals surface area (Å²) in [6.45, 7) is 2.23. The second-order valence-corrected chi connectivity index (χ2v) is 6.28. The van der Waals surface area contributed by atoms with Crippen molar-refractivity contribution >= 4 is 0 Å². The van der Waals surface area contributed by atoms with Crippen molar-refractivity contribution in [3.63, 3.8) is 0 Å². The van der Waals surface area contributed by atoms with E-state index in [0.717, 1.165) is 17.8 Å². The summed E-state index contributed by atoms with van der Waals surface area (Å²) in [5, 5.41) is 0. The molecule has 2 fully saturated rings. The van der Waals surface area contributed by atoms with Gasteiger partial charge < -0.3 is 4.74 Å². The second-order valence-electron chi connectivity index (χ2n) is 6.28. The lowest BCUT2D eigenvalue weighted by Crippen LogP contribution is -2.27. The monoisotopic (exact) mass is 250 g/mol. The Labute approximate surface area is 113 Å². The highest BCUT2D eigenvalue weighted by atomic mass is 16.5. The first-order chi connectivity index (χ1) is 8.83. The van der Waals surface area contributed by atoms with E-state index in [-0.39, 0.29) is 0 Å². The third-order valence-corrected chi connectivity index (χ3v) is 5.18. The molecule has 0 unspecified atom stereocenters. The van der Waals surface area contributed by atoms with Crippen LogP contribution in [0, 0.1) is 17.8 Å². The van der Waals surface area contributed by atoms with Crippen LogP contribution < -0.4 is 0 Å². The van der Waals surface area contributed by atoms with Crippen molar-refractivity contribution < 1.29 is 4.74 Å². The van der Waals surface area contributed by atoms with Crippen LogP contribution in [0.4, 0.5) is 0 Å². The predicted octanol–water partition coefficient (Wildman–Crippen LogP) is 4.96. The van der Waals surface area contributed by atoms with Crippen LogP contribution in [0.15, 0.2) is 12.2 Å². The van der Waals surface area contributed by atoms with Crippen LogP contribution >= 0.6 is 0 Å². The zero-order valence-electron chi connectivity index (χ0n) is 12.2. The first kappa shape index (κ1) is 14.1. The topological polar surface area (TPSA) is 9.23 Å². The van der Waals surface area contributed by atoms with Gasteiger partial charge in [-0.15, -0.1) is 0 Å². The third kappa shape index (κ3) is 3.85. The fourth-order valence-electron chi connectivity index (χ4n) is 3.93. The molecule has 2 rings (SSSR count). The second kappa shape index (κ2) is 7.33. The molecule has 1 heteroatoms. The van der Waals surface area contributed by atoms with Gasteiger partial charge in [0.1, 0.15) is 0 Å². The smallest absolute Gasteiger partial charge is 0.0571 e. The van der Waals surface area contributed by atoms with Gasteiger partial charge in [-0.25, -0.2) is 0 Å². The molecule has 2 aliphatic rings. The van der Waals surface area contributed by atoms with Crippen molar-refractivity contribution in [2.45, 2.75) is 70.8 Å². The van der Waals surface area contributed by atoms with Crippen LogP contribution in [0.25, 0.3) is 0 Å². The molecule has 0 heterocycles. The number of hydrogen-bond donors (Lipinski definition) is 0. The molecule has 0 amide bonds. The lowest BCUT2D eigenvalue weighted by Gasteiger charge is -2.37. The molecule has 104 valence electrons. The van der Waals surface area contributed by atoms with E-state index in [1.165, 1.54) is 57.8 Å². The van der Waals surface area contributed by atoms with E-state index in [1.807, 2.05) is 7.11 Å². The molecule has 0 radical (unpaired) electrons. The van der Waals surface area contributed by atoms with Gasteiger partial charge in [-0.1, -0.05) is 19.1 Å². The predicted molar refractivity (Wildman–Crippen MR) is 77.6 cm³/mol. The first-order valence-corrected chi connectivity index (χ1v) is 8.03. The van der Waals surface area contributed by atoms with Crippen molar-refractivity contribution in [2.24, 2.45) is 17.8 Å².